The van der Waals surface area contributed by atoms with Crippen molar-refractivity contribution in [1.29, 1.82) is 0 Å². The van der Waals surface area contributed by atoms with Crippen molar-refractivity contribution in [3.8, 4) is 5.75 Å². The van der Waals surface area contributed by atoms with E-state index in [1.807, 2.05) is 0 Å². The van der Waals surface area contributed by atoms with Gasteiger partial charge >= 0.3 is 5.97 Å². The van der Waals surface area contributed by atoms with E-state index in [0.29, 0.717) is 0 Å². The van der Waals surface area contributed by atoms with Crippen LogP contribution < -0.4 is 11.1 Å². The fourth-order valence-electron chi connectivity index (χ4n) is 5.53. The number of nitrogens with one attached hydrogen (secondary N) is 1. The number of hydrogen-bond acceptors (Lipinski definition) is 5. The zero-order valence-electron chi connectivity index (χ0n) is 14.2. The van der Waals surface area contributed by atoms with Crippen LogP contribution >= 0.6 is 0 Å². The molecule has 0 spiro atoms. The van der Waals surface area contributed by atoms with Crippen molar-refractivity contribution in [3.63, 3.8) is 0 Å². The van der Waals surface area contributed by atoms with Crippen molar-refractivity contribution in [2.24, 2.45) is 17.8 Å². The molecule has 4 aliphatic carbocycles. The molecule has 4 aliphatic rings. The summed E-state index contributed by atoms with van der Waals surface area (Å²) in [7, 11) is 0. The fraction of sp³-hybridized carbons (Fsp3) is 0.579. The lowest BCUT2D eigenvalue weighted by Gasteiger charge is -2.56. The molecule has 0 unspecified atom stereocenters. The van der Waals surface area contributed by atoms with Gasteiger partial charge in [-0.25, -0.2) is 4.79 Å². The molecule has 1 amide bonds. The third-order valence-corrected chi connectivity index (χ3v) is 6.03. The van der Waals surface area contributed by atoms with E-state index in [2.05, 4.69) is 5.32 Å². The Bertz CT molecular complexity index is 680. The maximum absolute atomic E-state index is 12.3. The number of carbonyl (C=O) groups is 2. The van der Waals surface area contributed by atoms with E-state index in [-0.39, 0.29) is 35.1 Å². The summed E-state index contributed by atoms with van der Waals surface area (Å²) in [4.78, 5) is 24.4. The number of anilines is 1. The maximum Gasteiger partial charge on any atom is 0.340 e. The number of esters is 1. The second kappa shape index (κ2) is 5.93. The van der Waals surface area contributed by atoms with Gasteiger partial charge in [0.1, 0.15) is 5.75 Å². The summed E-state index contributed by atoms with van der Waals surface area (Å²) in [6.45, 7) is -0.324. The Labute approximate surface area is 146 Å². The van der Waals surface area contributed by atoms with Gasteiger partial charge in [0.25, 0.3) is 5.91 Å². The molecule has 6 heteroatoms. The normalized spacial score (nSPS) is 32.4. The highest BCUT2D eigenvalue weighted by molar-refractivity contribution is 5.96. The number of aromatic hydroxyl groups is 1. The molecule has 0 atom stereocenters. The van der Waals surface area contributed by atoms with Crippen LogP contribution in [0, 0.1) is 17.8 Å². The molecule has 4 bridgehead atoms. The third kappa shape index (κ3) is 3.17. The van der Waals surface area contributed by atoms with Crippen LogP contribution in [0.4, 0.5) is 5.69 Å². The Hall–Kier alpha value is -2.24. The molecule has 1 aromatic rings. The molecule has 0 aromatic heterocycles. The highest BCUT2D eigenvalue weighted by Gasteiger charge is 2.51. The molecule has 0 aliphatic heterocycles. The third-order valence-electron chi connectivity index (χ3n) is 6.03. The van der Waals surface area contributed by atoms with Crippen molar-refractivity contribution in [2.45, 2.75) is 44.1 Å². The predicted octanol–water partition coefficient (Wildman–Crippen LogP) is 2.22. The number of amides is 1. The van der Waals surface area contributed by atoms with E-state index >= 15 is 0 Å². The average Bonchev–Trinajstić information content (AvgIpc) is 2.53. The van der Waals surface area contributed by atoms with E-state index in [4.69, 9.17) is 10.5 Å². The summed E-state index contributed by atoms with van der Waals surface area (Å²) < 4.78 is 5.10. The summed E-state index contributed by atoms with van der Waals surface area (Å²) in [5.41, 5.74) is 5.91. The predicted molar refractivity (Wildman–Crippen MR) is 91.8 cm³/mol. The minimum atomic E-state index is -0.700. The van der Waals surface area contributed by atoms with Crippen LogP contribution in [0.2, 0.25) is 0 Å². The van der Waals surface area contributed by atoms with Crippen molar-refractivity contribution < 1.29 is 19.4 Å². The zero-order valence-corrected chi connectivity index (χ0v) is 14.2. The van der Waals surface area contributed by atoms with Crippen LogP contribution in [0.25, 0.3) is 0 Å². The molecule has 0 radical (unpaired) electrons. The molecule has 6 nitrogen and oxygen atoms in total. The van der Waals surface area contributed by atoms with E-state index in [1.165, 1.54) is 37.5 Å². The van der Waals surface area contributed by atoms with E-state index in [9.17, 15) is 14.7 Å². The molecule has 134 valence electrons. The van der Waals surface area contributed by atoms with Gasteiger partial charge in [0, 0.05) is 11.2 Å². The van der Waals surface area contributed by atoms with Crippen molar-refractivity contribution >= 4 is 17.6 Å². The molecule has 4 saturated carbocycles. The second-order valence-electron chi connectivity index (χ2n) is 8.09. The first-order chi connectivity index (χ1) is 11.9. The molecular formula is C19H24N2O4. The van der Waals surface area contributed by atoms with Crippen LogP contribution in [-0.2, 0) is 9.53 Å². The first-order valence-corrected chi connectivity index (χ1v) is 8.99. The van der Waals surface area contributed by atoms with Gasteiger partial charge in [-0.3, -0.25) is 4.79 Å². The number of ether oxygens (including phenoxy) is 1. The minimum Gasteiger partial charge on any atom is -0.508 e. The lowest BCUT2D eigenvalue weighted by molar-refractivity contribution is -0.130. The molecule has 1 aromatic carbocycles. The summed E-state index contributed by atoms with van der Waals surface area (Å²) in [5, 5.41) is 12.6. The second-order valence-corrected chi connectivity index (χ2v) is 8.09. The lowest BCUT2D eigenvalue weighted by Crippen LogP contribution is -2.60. The Morgan fingerprint density at radius 3 is 2.36 bits per heavy atom. The number of rotatable bonds is 4. The van der Waals surface area contributed by atoms with Gasteiger partial charge < -0.3 is 20.9 Å². The first kappa shape index (κ1) is 16.2. The lowest BCUT2D eigenvalue weighted by atomic mass is 9.53. The number of phenolic OH excluding ortho intramolecular Hbond substituents is 1. The van der Waals surface area contributed by atoms with Crippen LogP contribution in [0.5, 0.6) is 5.75 Å². The van der Waals surface area contributed by atoms with Crippen LogP contribution in [0.15, 0.2) is 18.2 Å². The summed E-state index contributed by atoms with van der Waals surface area (Å²) in [6.07, 6.45) is 7.08. The average molecular weight is 344 g/mol. The van der Waals surface area contributed by atoms with Gasteiger partial charge in [0.05, 0.1) is 5.56 Å². The minimum absolute atomic E-state index is 0.0702. The number of benzene rings is 1. The molecule has 4 N–H and O–H groups in total. The van der Waals surface area contributed by atoms with E-state index < -0.39 is 5.97 Å². The Kier molecular flexibility index (Phi) is 3.85. The number of nitrogens with two attached hydrogens (primary N) is 1. The number of phenols is 1. The largest absolute Gasteiger partial charge is 0.508 e. The van der Waals surface area contributed by atoms with Gasteiger partial charge in [0.2, 0.25) is 0 Å². The molecule has 0 heterocycles. The van der Waals surface area contributed by atoms with Crippen molar-refractivity contribution in [1.82, 2.24) is 5.32 Å². The monoisotopic (exact) mass is 344 g/mol. The summed E-state index contributed by atoms with van der Waals surface area (Å²) >= 11 is 0. The smallest absolute Gasteiger partial charge is 0.340 e. The quantitative estimate of drug-likeness (QED) is 0.442. The summed E-state index contributed by atoms with van der Waals surface area (Å²) in [5.74, 6) is 1.19. The van der Waals surface area contributed by atoms with E-state index in [1.54, 1.807) is 0 Å². The van der Waals surface area contributed by atoms with Gasteiger partial charge in [-0.1, -0.05) is 0 Å². The molecule has 5 rings (SSSR count). The van der Waals surface area contributed by atoms with Gasteiger partial charge in [-0.15, -0.1) is 0 Å². The van der Waals surface area contributed by atoms with E-state index in [0.717, 1.165) is 37.0 Å². The van der Waals surface area contributed by atoms with Crippen molar-refractivity contribution in [3.05, 3.63) is 23.8 Å². The van der Waals surface area contributed by atoms with Gasteiger partial charge in [-0.2, -0.15) is 0 Å². The van der Waals surface area contributed by atoms with Crippen molar-refractivity contribution in [2.75, 3.05) is 12.3 Å². The summed E-state index contributed by atoms with van der Waals surface area (Å²) in [6, 6.07) is 4.07. The molecule has 0 saturated heterocycles. The molecule has 25 heavy (non-hydrogen) atoms. The topological polar surface area (TPSA) is 102 Å². The Balaban J connectivity index is 1.35. The highest BCUT2D eigenvalue weighted by Crippen LogP contribution is 2.55. The van der Waals surface area contributed by atoms with Crippen LogP contribution in [0.3, 0.4) is 0 Å². The first-order valence-electron chi connectivity index (χ1n) is 8.99. The Morgan fingerprint density at radius 2 is 1.76 bits per heavy atom. The molecular weight excluding hydrogens is 320 g/mol. The maximum atomic E-state index is 12.3. The standard InChI is InChI=1S/C19H24N2O4/c20-16-2-1-14(22)6-15(16)18(24)25-10-17(23)21-19-7-11-3-12(8-19)5-13(4-11)9-19/h1-2,6,11-13,22H,3-5,7-10,20H2,(H,21,23). The van der Waals surface area contributed by atoms with Crippen LogP contribution in [0.1, 0.15) is 48.9 Å². The number of nitrogen functional groups attached to an aromatic ring is 1. The molecule has 4 fully saturated rings. The van der Waals surface area contributed by atoms with Gasteiger partial charge in [-0.05, 0) is 74.5 Å². The van der Waals surface area contributed by atoms with Gasteiger partial charge in [0.15, 0.2) is 6.61 Å². The zero-order chi connectivity index (χ0) is 17.6. The number of carbonyl (C=O) groups excluding carboxylic acids is 2. The highest BCUT2D eigenvalue weighted by atomic mass is 16.5. The SMILES string of the molecule is Nc1ccc(O)cc1C(=O)OCC(=O)NC12CC3CC(CC(C3)C1)C2. The Morgan fingerprint density at radius 1 is 1.16 bits per heavy atom. The fourth-order valence-corrected chi connectivity index (χ4v) is 5.53. The van der Waals surface area contributed by atoms with Crippen LogP contribution in [-0.4, -0.2) is 29.1 Å². The number of hydrogen-bond donors (Lipinski definition) is 3.